The highest BCUT2D eigenvalue weighted by Crippen LogP contribution is 2.50. The van der Waals surface area contributed by atoms with Gasteiger partial charge in [-0.2, -0.15) is 0 Å². The highest BCUT2D eigenvalue weighted by atomic mass is 19.1. The second kappa shape index (κ2) is 6.26. The zero-order valence-corrected chi connectivity index (χ0v) is 13.2. The van der Waals surface area contributed by atoms with E-state index in [4.69, 9.17) is 0 Å². The molecule has 0 amide bonds. The van der Waals surface area contributed by atoms with E-state index in [0.717, 1.165) is 37.4 Å². The van der Waals surface area contributed by atoms with Crippen molar-refractivity contribution in [3.63, 3.8) is 0 Å². The van der Waals surface area contributed by atoms with E-state index in [-0.39, 0.29) is 11.2 Å². The molecule has 0 bridgehead atoms. The fourth-order valence-electron chi connectivity index (χ4n) is 3.37. The van der Waals surface area contributed by atoms with Crippen LogP contribution >= 0.6 is 0 Å². The van der Waals surface area contributed by atoms with Gasteiger partial charge < -0.3 is 5.32 Å². The maximum absolute atomic E-state index is 14.2. The lowest BCUT2D eigenvalue weighted by atomic mass is 9.55. The normalized spacial score (nSPS) is 26.1. The van der Waals surface area contributed by atoms with Crippen LogP contribution in [0.4, 0.5) is 4.39 Å². The predicted octanol–water partition coefficient (Wildman–Crippen LogP) is 4.38. The summed E-state index contributed by atoms with van der Waals surface area (Å²) < 4.78 is 14.2. The Bertz CT molecular complexity index is 433. The van der Waals surface area contributed by atoms with Crippen molar-refractivity contribution in [1.29, 1.82) is 0 Å². The highest BCUT2D eigenvalue weighted by molar-refractivity contribution is 5.31. The molecule has 1 aromatic rings. The summed E-state index contributed by atoms with van der Waals surface area (Å²) in [6, 6.07) is 7.32. The van der Waals surface area contributed by atoms with Crippen LogP contribution in [0.25, 0.3) is 0 Å². The van der Waals surface area contributed by atoms with Gasteiger partial charge in [0.05, 0.1) is 0 Å². The molecule has 0 spiro atoms. The lowest BCUT2D eigenvalue weighted by molar-refractivity contribution is 0.0938. The Labute approximate surface area is 123 Å². The van der Waals surface area contributed by atoms with Crippen molar-refractivity contribution in [3.05, 3.63) is 35.6 Å². The SMILES string of the molecule is CC(C)CNCC1(c2ccccc2F)CC(C(C)C)C1. The van der Waals surface area contributed by atoms with Crippen LogP contribution in [0.15, 0.2) is 24.3 Å². The van der Waals surface area contributed by atoms with Gasteiger partial charge in [-0.1, -0.05) is 45.9 Å². The Balaban J connectivity index is 2.12. The standard InChI is InChI=1S/C18H28FN/c1-13(2)11-20-12-18(9-15(10-18)14(3)4)16-7-5-6-8-17(16)19/h5-8,13-15,20H,9-12H2,1-4H3. The first kappa shape index (κ1) is 15.5. The van der Waals surface area contributed by atoms with E-state index >= 15 is 0 Å². The van der Waals surface area contributed by atoms with E-state index in [1.807, 2.05) is 12.1 Å². The first-order valence-corrected chi connectivity index (χ1v) is 7.90. The molecule has 0 unspecified atom stereocenters. The van der Waals surface area contributed by atoms with Crippen molar-refractivity contribution < 1.29 is 4.39 Å². The van der Waals surface area contributed by atoms with Gasteiger partial charge in [-0.3, -0.25) is 0 Å². The third-order valence-corrected chi connectivity index (χ3v) is 4.71. The molecule has 1 nitrogen and oxygen atoms in total. The summed E-state index contributed by atoms with van der Waals surface area (Å²) in [7, 11) is 0. The number of hydrogen-bond acceptors (Lipinski definition) is 1. The van der Waals surface area contributed by atoms with Gasteiger partial charge in [-0.15, -0.1) is 0 Å². The van der Waals surface area contributed by atoms with Crippen molar-refractivity contribution in [3.8, 4) is 0 Å². The van der Waals surface area contributed by atoms with Gasteiger partial charge in [0.2, 0.25) is 0 Å². The van der Waals surface area contributed by atoms with E-state index in [1.54, 1.807) is 12.1 Å². The molecule has 112 valence electrons. The summed E-state index contributed by atoms with van der Waals surface area (Å²) in [5.41, 5.74) is 0.919. The molecule has 0 atom stereocenters. The van der Waals surface area contributed by atoms with Gasteiger partial charge in [-0.05, 0) is 48.8 Å². The fraction of sp³-hybridized carbons (Fsp3) is 0.667. The van der Waals surface area contributed by atoms with Crippen LogP contribution in [-0.2, 0) is 5.41 Å². The molecule has 1 saturated carbocycles. The lowest BCUT2D eigenvalue weighted by Gasteiger charge is -2.50. The number of rotatable bonds is 6. The number of halogens is 1. The van der Waals surface area contributed by atoms with Crippen LogP contribution in [0.3, 0.4) is 0 Å². The Kier molecular flexibility index (Phi) is 4.85. The molecule has 1 aromatic carbocycles. The molecule has 2 rings (SSSR count). The second-order valence-electron chi connectivity index (χ2n) is 7.20. The molecule has 0 radical (unpaired) electrons. The van der Waals surface area contributed by atoms with E-state index < -0.39 is 0 Å². The minimum atomic E-state index is -0.0407. The summed E-state index contributed by atoms with van der Waals surface area (Å²) in [4.78, 5) is 0. The Morgan fingerprint density at radius 2 is 1.85 bits per heavy atom. The molecular formula is C18H28FN. The van der Waals surface area contributed by atoms with Crippen LogP contribution in [-0.4, -0.2) is 13.1 Å². The van der Waals surface area contributed by atoms with Gasteiger partial charge in [0, 0.05) is 12.0 Å². The quantitative estimate of drug-likeness (QED) is 0.814. The average molecular weight is 277 g/mol. The predicted molar refractivity (Wildman–Crippen MR) is 83.3 cm³/mol. The zero-order chi connectivity index (χ0) is 14.8. The van der Waals surface area contributed by atoms with Crippen molar-refractivity contribution in [1.82, 2.24) is 5.32 Å². The van der Waals surface area contributed by atoms with Crippen LogP contribution < -0.4 is 5.32 Å². The van der Waals surface area contributed by atoms with Gasteiger partial charge >= 0.3 is 0 Å². The number of nitrogens with one attached hydrogen (secondary N) is 1. The minimum Gasteiger partial charge on any atom is -0.316 e. The summed E-state index contributed by atoms with van der Waals surface area (Å²) in [5, 5.41) is 3.55. The number of hydrogen-bond donors (Lipinski definition) is 1. The Morgan fingerprint density at radius 3 is 2.40 bits per heavy atom. The van der Waals surface area contributed by atoms with E-state index in [0.29, 0.717) is 11.8 Å². The molecule has 0 aliphatic heterocycles. The largest absolute Gasteiger partial charge is 0.316 e. The molecule has 1 aliphatic carbocycles. The molecule has 0 saturated heterocycles. The van der Waals surface area contributed by atoms with Gasteiger partial charge in [0.1, 0.15) is 5.82 Å². The summed E-state index contributed by atoms with van der Waals surface area (Å²) in [5.74, 6) is 2.02. The molecule has 0 heterocycles. The van der Waals surface area contributed by atoms with Gasteiger partial charge in [-0.25, -0.2) is 4.39 Å². The summed E-state index contributed by atoms with van der Waals surface area (Å²) >= 11 is 0. The van der Waals surface area contributed by atoms with Crippen molar-refractivity contribution >= 4 is 0 Å². The molecule has 1 fully saturated rings. The van der Waals surface area contributed by atoms with Crippen LogP contribution in [0, 0.1) is 23.6 Å². The molecule has 2 heteroatoms. The third kappa shape index (κ3) is 3.22. The molecule has 0 aromatic heterocycles. The van der Waals surface area contributed by atoms with E-state index in [9.17, 15) is 4.39 Å². The molecular weight excluding hydrogens is 249 g/mol. The summed E-state index contributed by atoms with van der Waals surface area (Å²) in [6.07, 6.45) is 2.22. The van der Waals surface area contributed by atoms with Gasteiger partial charge in [0.25, 0.3) is 0 Å². The Hall–Kier alpha value is -0.890. The van der Waals surface area contributed by atoms with Crippen LogP contribution in [0.1, 0.15) is 46.1 Å². The van der Waals surface area contributed by atoms with Crippen molar-refractivity contribution in [2.24, 2.45) is 17.8 Å². The van der Waals surface area contributed by atoms with E-state index in [2.05, 4.69) is 33.0 Å². The van der Waals surface area contributed by atoms with E-state index in [1.165, 1.54) is 0 Å². The maximum atomic E-state index is 14.2. The monoisotopic (exact) mass is 277 g/mol. The summed E-state index contributed by atoms with van der Waals surface area (Å²) in [6.45, 7) is 10.9. The first-order chi connectivity index (χ1) is 9.44. The van der Waals surface area contributed by atoms with Gasteiger partial charge in [0.15, 0.2) is 0 Å². The van der Waals surface area contributed by atoms with Crippen molar-refractivity contribution in [2.45, 2.75) is 46.0 Å². The fourth-order valence-corrected chi connectivity index (χ4v) is 3.37. The zero-order valence-electron chi connectivity index (χ0n) is 13.2. The average Bonchev–Trinajstić information content (AvgIpc) is 2.32. The number of benzene rings is 1. The second-order valence-corrected chi connectivity index (χ2v) is 7.20. The molecule has 1 N–H and O–H groups in total. The minimum absolute atomic E-state index is 0.00910. The highest BCUT2D eigenvalue weighted by Gasteiger charge is 2.47. The molecule has 1 aliphatic rings. The van der Waals surface area contributed by atoms with Crippen molar-refractivity contribution in [2.75, 3.05) is 13.1 Å². The smallest absolute Gasteiger partial charge is 0.127 e. The first-order valence-electron chi connectivity index (χ1n) is 7.90. The maximum Gasteiger partial charge on any atom is 0.127 e. The third-order valence-electron chi connectivity index (χ3n) is 4.71. The van der Waals surface area contributed by atoms with Crippen LogP contribution in [0.5, 0.6) is 0 Å². The topological polar surface area (TPSA) is 12.0 Å². The Morgan fingerprint density at radius 1 is 1.20 bits per heavy atom. The lowest BCUT2D eigenvalue weighted by Crippen LogP contribution is -2.51. The molecule has 20 heavy (non-hydrogen) atoms. The van der Waals surface area contributed by atoms with Crippen LogP contribution in [0.2, 0.25) is 0 Å².